The molecule has 1 aliphatic heterocycles. The standard InChI is InChI=1S/C14H18ClN3S/c1-9-4-3-5-10(2)17(9)18-13-8-11(15)6-7-12(13)16-14(18)19/h6-10H,3-5H2,1-2H3,(H,16,19). The van der Waals surface area contributed by atoms with Crippen molar-refractivity contribution < 1.29 is 0 Å². The summed E-state index contributed by atoms with van der Waals surface area (Å²) in [6, 6.07) is 6.85. The lowest BCUT2D eigenvalue weighted by Crippen LogP contribution is -2.50. The number of H-pyrrole nitrogens is 1. The fraction of sp³-hybridized carbons (Fsp3) is 0.500. The monoisotopic (exact) mass is 295 g/mol. The van der Waals surface area contributed by atoms with Crippen molar-refractivity contribution in [3.8, 4) is 0 Å². The quantitative estimate of drug-likeness (QED) is 0.795. The Morgan fingerprint density at radius 1 is 1.26 bits per heavy atom. The molecule has 102 valence electrons. The first-order valence-corrected chi connectivity index (χ1v) is 7.55. The van der Waals surface area contributed by atoms with Gasteiger partial charge in [0.25, 0.3) is 0 Å². The van der Waals surface area contributed by atoms with E-state index in [-0.39, 0.29) is 0 Å². The molecule has 0 radical (unpaired) electrons. The lowest BCUT2D eigenvalue weighted by Gasteiger charge is -2.41. The molecular weight excluding hydrogens is 278 g/mol. The van der Waals surface area contributed by atoms with Crippen molar-refractivity contribution in [1.29, 1.82) is 0 Å². The zero-order chi connectivity index (χ0) is 13.6. The summed E-state index contributed by atoms with van der Waals surface area (Å²) in [5.41, 5.74) is 2.11. The molecule has 1 aromatic carbocycles. The van der Waals surface area contributed by atoms with Gasteiger partial charge in [-0.3, -0.25) is 0 Å². The highest BCUT2D eigenvalue weighted by atomic mass is 35.5. The number of hydrogen-bond donors (Lipinski definition) is 1. The smallest absolute Gasteiger partial charge is 0.197 e. The Morgan fingerprint density at radius 2 is 1.95 bits per heavy atom. The maximum absolute atomic E-state index is 6.13. The molecule has 0 amide bonds. The van der Waals surface area contributed by atoms with Crippen LogP contribution in [0.15, 0.2) is 18.2 Å². The van der Waals surface area contributed by atoms with E-state index in [1.165, 1.54) is 19.3 Å². The van der Waals surface area contributed by atoms with Gasteiger partial charge in [0.2, 0.25) is 0 Å². The number of benzene rings is 1. The molecule has 3 nitrogen and oxygen atoms in total. The molecule has 1 N–H and O–H groups in total. The molecule has 2 heterocycles. The van der Waals surface area contributed by atoms with Gasteiger partial charge in [0, 0.05) is 17.1 Å². The van der Waals surface area contributed by atoms with E-state index >= 15 is 0 Å². The van der Waals surface area contributed by atoms with Crippen LogP contribution < -0.4 is 5.01 Å². The number of nitrogens with zero attached hydrogens (tertiary/aromatic N) is 2. The maximum Gasteiger partial charge on any atom is 0.197 e. The van der Waals surface area contributed by atoms with Crippen molar-refractivity contribution in [2.45, 2.75) is 45.2 Å². The molecule has 3 rings (SSSR count). The van der Waals surface area contributed by atoms with Crippen molar-refractivity contribution in [1.82, 2.24) is 9.66 Å². The highest BCUT2D eigenvalue weighted by Gasteiger charge is 2.26. The summed E-state index contributed by atoms with van der Waals surface area (Å²) in [4.78, 5) is 3.27. The molecule has 2 aromatic rings. The van der Waals surface area contributed by atoms with Gasteiger partial charge in [-0.1, -0.05) is 11.6 Å². The molecular formula is C14H18ClN3S. The second kappa shape index (κ2) is 4.84. The van der Waals surface area contributed by atoms with Crippen LogP contribution in [0.3, 0.4) is 0 Å². The number of aromatic amines is 1. The number of halogens is 1. The van der Waals surface area contributed by atoms with Gasteiger partial charge in [0.1, 0.15) is 0 Å². The largest absolute Gasteiger partial charge is 0.329 e. The van der Waals surface area contributed by atoms with Crippen LogP contribution in [0.25, 0.3) is 11.0 Å². The molecule has 0 aliphatic carbocycles. The SMILES string of the molecule is CC1CCCC(C)N1n1c(=S)[nH]c2ccc(Cl)cc21. The molecule has 0 spiro atoms. The number of hydrogen-bond acceptors (Lipinski definition) is 2. The molecule has 5 heteroatoms. The summed E-state index contributed by atoms with van der Waals surface area (Å²) in [7, 11) is 0. The van der Waals surface area contributed by atoms with Crippen LogP contribution in [-0.2, 0) is 0 Å². The summed E-state index contributed by atoms with van der Waals surface area (Å²) < 4.78 is 2.88. The van der Waals surface area contributed by atoms with E-state index in [9.17, 15) is 0 Å². The third-order valence-corrected chi connectivity index (χ3v) is 4.51. The Morgan fingerprint density at radius 3 is 2.63 bits per heavy atom. The summed E-state index contributed by atoms with van der Waals surface area (Å²) in [5, 5.41) is 3.13. The van der Waals surface area contributed by atoms with E-state index in [2.05, 4.69) is 28.5 Å². The molecule has 0 saturated carbocycles. The molecule has 2 atom stereocenters. The van der Waals surface area contributed by atoms with E-state index in [0.717, 1.165) is 20.8 Å². The van der Waals surface area contributed by atoms with E-state index in [1.807, 2.05) is 18.2 Å². The van der Waals surface area contributed by atoms with Crippen LogP contribution in [0.4, 0.5) is 0 Å². The first-order chi connectivity index (χ1) is 9.08. The summed E-state index contributed by atoms with van der Waals surface area (Å²) >= 11 is 11.6. The van der Waals surface area contributed by atoms with Gasteiger partial charge in [-0.25, -0.2) is 4.68 Å². The highest BCUT2D eigenvalue weighted by molar-refractivity contribution is 7.71. The van der Waals surface area contributed by atoms with Crippen LogP contribution in [0.1, 0.15) is 33.1 Å². The number of fused-ring (bicyclic) bond motifs is 1. The fourth-order valence-electron chi connectivity index (χ4n) is 3.09. The topological polar surface area (TPSA) is 24.0 Å². The van der Waals surface area contributed by atoms with Gasteiger partial charge in [0.15, 0.2) is 4.77 Å². The van der Waals surface area contributed by atoms with E-state index in [1.54, 1.807) is 0 Å². The van der Waals surface area contributed by atoms with Crippen molar-refractivity contribution in [2.24, 2.45) is 0 Å². The molecule has 19 heavy (non-hydrogen) atoms. The van der Waals surface area contributed by atoms with Crippen molar-refractivity contribution in [2.75, 3.05) is 5.01 Å². The summed E-state index contributed by atoms with van der Waals surface area (Å²) in [5.74, 6) is 0. The molecule has 1 aromatic heterocycles. The first kappa shape index (κ1) is 13.0. The van der Waals surface area contributed by atoms with Crippen molar-refractivity contribution in [3.05, 3.63) is 28.0 Å². The number of nitrogens with one attached hydrogen (secondary N) is 1. The Hall–Kier alpha value is -1.00. The highest BCUT2D eigenvalue weighted by Crippen LogP contribution is 2.26. The van der Waals surface area contributed by atoms with E-state index in [0.29, 0.717) is 12.1 Å². The average Bonchev–Trinajstić information content (AvgIpc) is 2.66. The van der Waals surface area contributed by atoms with Gasteiger partial charge in [-0.05, 0) is 63.5 Å². The van der Waals surface area contributed by atoms with Gasteiger partial charge in [-0.15, -0.1) is 0 Å². The second-order valence-electron chi connectivity index (χ2n) is 5.41. The Labute approximate surface area is 123 Å². The lowest BCUT2D eigenvalue weighted by atomic mass is 10.00. The fourth-order valence-corrected chi connectivity index (χ4v) is 3.56. The number of imidazole rings is 1. The first-order valence-electron chi connectivity index (χ1n) is 6.77. The zero-order valence-electron chi connectivity index (χ0n) is 11.2. The number of aromatic nitrogens is 2. The predicted octanol–water partition coefficient (Wildman–Crippen LogP) is 4.25. The Kier molecular flexibility index (Phi) is 3.31. The summed E-state index contributed by atoms with van der Waals surface area (Å²) in [6.07, 6.45) is 3.70. The predicted molar refractivity (Wildman–Crippen MR) is 83.1 cm³/mol. The molecule has 0 bridgehead atoms. The van der Waals surface area contributed by atoms with Crippen LogP contribution in [-0.4, -0.2) is 21.7 Å². The average molecular weight is 296 g/mol. The minimum atomic E-state index is 0.494. The van der Waals surface area contributed by atoms with Crippen molar-refractivity contribution in [3.63, 3.8) is 0 Å². The normalized spacial score (nSPS) is 24.1. The van der Waals surface area contributed by atoms with E-state index in [4.69, 9.17) is 23.8 Å². The Bertz CT molecular complexity index is 650. The minimum Gasteiger partial charge on any atom is -0.329 e. The third kappa shape index (κ3) is 2.17. The van der Waals surface area contributed by atoms with Gasteiger partial charge >= 0.3 is 0 Å². The van der Waals surface area contributed by atoms with Crippen LogP contribution in [0, 0.1) is 4.77 Å². The summed E-state index contributed by atoms with van der Waals surface area (Å²) in [6.45, 7) is 4.53. The molecule has 2 unspecified atom stereocenters. The van der Waals surface area contributed by atoms with Crippen molar-refractivity contribution >= 4 is 34.9 Å². The minimum absolute atomic E-state index is 0.494. The number of piperidine rings is 1. The number of rotatable bonds is 1. The van der Waals surface area contributed by atoms with Crippen LogP contribution in [0.5, 0.6) is 0 Å². The molecule has 1 fully saturated rings. The molecule has 1 saturated heterocycles. The van der Waals surface area contributed by atoms with Gasteiger partial charge in [-0.2, -0.15) is 0 Å². The second-order valence-corrected chi connectivity index (χ2v) is 6.24. The third-order valence-electron chi connectivity index (χ3n) is 4.00. The van der Waals surface area contributed by atoms with Crippen LogP contribution in [0.2, 0.25) is 5.02 Å². The van der Waals surface area contributed by atoms with Gasteiger partial charge < -0.3 is 9.99 Å². The van der Waals surface area contributed by atoms with Gasteiger partial charge in [0.05, 0.1) is 11.0 Å². The van der Waals surface area contributed by atoms with E-state index < -0.39 is 0 Å². The zero-order valence-corrected chi connectivity index (χ0v) is 12.8. The molecule has 1 aliphatic rings. The lowest BCUT2D eigenvalue weighted by molar-refractivity contribution is 0.339. The maximum atomic E-state index is 6.13. The Balaban J connectivity index is 2.20. The van der Waals surface area contributed by atoms with Crippen LogP contribution >= 0.6 is 23.8 Å².